The van der Waals surface area contributed by atoms with Gasteiger partial charge in [0.2, 0.25) is 0 Å². The molecular weight excluding hydrogens is 210 g/mol. The van der Waals surface area contributed by atoms with E-state index in [1.54, 1.807) is 7.11 Å². The van der Waals surface area contributed by atoms with Crippen LogP contribution < -0.4 is 10.1 Å². The fourth-order valence-corrected chi connectivity index (χ4v) is 2.33. The maximum absolute atomic E-state index is 5.34. The number of rotatable bonds is 5. The van der Waals surface area contributed by atoms with Crippen LogP contribution >= 0.6 is 0 Å². The number of aryl methyl sites for hydroxylation is 2. The number of nitrogens with one attached hydrogen (secondary N) is 1. The Balaban J connectivity index is 2.06. The average molecular weight is 233 g/mol. The molecule has 17 heavy (non-hydrogen) atoms. The molecule has 0 saturated heterocycles. The van der Waals surface area contributed by atoms with Gasteiger partial charge in [0, 0.05) is 12.1 Å². The van der Waals surface area contributed by atoms with E-state index in [9.17, 15) is 0 Å². The molecule has 0 spiro atoms. The summed E-state index contributed by atoms with van der Waals surface area (Å²) in [5.74, 6) is 0.994. The van der Waals surface area contributed by atoms with Crippen LogP contribution in [0.1, 0.15) is 36.5 Å². The Morgan fingerprint density at radius 2 is 2.00 bits per heavy atom. The molecule has 1 saturated carbocycles. The van der Waals surface area contributed by atoms with Crippen LogP contribution in [0.5, 0.6) is 5.75 Å². The molecule has 1 N–H and O–H groups in total. The molecule has 0 heterocycles. The summed E-state index contributed by atoms with van der Waals surface area (Å²) >= 11 is 0. The van der Waals surface area contributed by atoms with Gasteiger partial charge in [-0.05, 0) is 62.8 Å². The van der Waals surface area contributed by atoms with E-state index < -0.39 is 0 Å². The van der Waals surface area contributed by atoms with E-state index in [1.165, 1.54) is 29.5 Å². The maximum atomic E-state index is 5.34. The highest BCUT2D eigenvalue weighted by molar-refractivity contribution is 5.41. The molecule has 1 aliphatic carbocycles. The van der Waals surface area contributed by atoms with Crippen molar-refractivity contribution >= 4 is 0 Å². The average Bonchev–Trinajstić information content (AvgIpc) is 3.06. The molecule has 2 heteroatoms. The van der Waals surface area contributed by atoms with Crippen molar-refractivity contribution in [2.45, 2.75) is 52.1 Å². The van der Waals surface area contributed by atoms with Crippen molar-refractivity contribution in [1.29, 1.82) is 0 Å². The van der Waals surface area contributed by atoms with Gasteiger partial charge in [0.05, 0.1) is 7.11 Å². The van der Waals surface area contributed by atoms with E-state index >= 15 is 0 Å². The smallest absolute Gasteiger partial charge is 0.122 e. The Morgan fingerprint density at radius 1 is 1.29 bits per heavy atom. The van der Waals surface area contributed by atoms with Crippen LogP contribution in [0.2, 0.25) is 0 Å². The highest BCUT2D eigenvalue weighted by Crippen LogP contribution is 2.24. The van der Waals surface area contributed by atoms with Crippen LogP contribution in [0.15, 0.2) is 12.1 Å². The fraction of sp³-hybridized carbons (Fsp3) is 0.600. The van der Waals surface area contributed by atoms with Crippen LogP contribution in [-0.4, -0.2) is 19.2 Å². The van der Waals surface area contributed by atoms with Gasteiger partial charge in [-0.15, -0.1) is 0 Å². The molecule has 0 aliphatic heterocycles. The van der Waals surface area contributed by atoms with Crippen LogP contribution in [-0.2, 0) is 6.42 Å². The number of ether oxygens (including phenoxy) is 1. The molecule has 94 valence electrons. The van der Waals surface area contributed by atoms with Gasteiger partial charge < -0.3 is 10.1 Å². The van der Waals surface area contributed by atoms with Gasteiger partial charge in [0.15, 0.2) is 0 Å². The van der Waals surface area contributed by atoms with Gasteiger partial charge in [-0.3, -0.25) is 0 Å². The minimum absolute atomic E-state index is 0.564. The van der Waals surface area contributed by atoms with Crippen LogP contribution in [0.25, 0.3) is 0 Å². The summed E-state index contributed by atoms with van der Waals surface area (Å²) in [6, 6.07) is 5.76. The molecule has 1 fully saturated rings. The van der Waals surface area contributed by atoms with Gasteiger partial charge in [-0.2, -0.15) is 0 Å². The topological polar surface area (TPSA) is 21.3 Å². The zero-order valence-electron chi connectivity index (χ0n) is 11.3. The van der Waals surface area contributed by atoms with Gasteiger partial charge >= 0.3 is 0 Å². The summed E-state index contributed by atoms with van der Waals surface area (Å²) in [4.78, 5) is 0. The molecule has 0 bridgehead atoms. The minimum atomic E-state index is 0.564. The highest BCUT2D eigenvalue weighted by Gasteiger charge is 2.22. The van der Waals surface area contributed by atoms with E-state index in [-0.39, 0.29) is 0 Å². The molecule has 1 atom stereocenters. The lowest BCUT2D eigenvalue weighted by Crippen LogP contribution is -2.30. The number of benzene rings is 1. The third kappa shape index (κ3) is 3.22. The first-order chi connectivity index (χ1) is 8.10. The second kappa shape index (κ2) is 5.09. The lowest BCUT2D eigenvalue weighted by Gasteiger charge is -2.16. The zero-order valence-corrected chi connectivity index (χ0v) is 11.3. The molecule has 0 aromatic heterocycles. The standard InChI is InChI=1S/C15H23NO/c1-10-8-15(17-4)11(2)7-13(10)9-12(3)16-14-5-6-14/h7-8,12,14,16H,5-6,9H2,1-4H3. The highest BCUT2D eigenvalue weighted by atomic mass is 16.5. The molecule has 2 nitrogen and oxygen atoms in total. The lowest BCUT2D eigenvalue weighted by molar-refractivity contribution is 0.411. The van der Waals surface area contributed by atoms with Gasteiger partial charge in [0.25, 0.3) is 0 Å². The predicted octanol–water partition coefficient (Wildman–Crippen LogP) is 3.00. The summed E-state index contributed by atoms with van der Waals surface area (Å²) in [5.41, 5.74) is 3.99. The molecule has 2 rings (SSSR count). The van der Waals surface area contributed by atoms with Gasteiger partial charge in [-0.1, -0.05) is 6.07 Å². The first-order valence-corrected chi connectivity index (χ1v) is 6.50. The minimum Gasteiger partial charge on any atom is -0.496 e. The van der Waals surface area contributed by atoms with E-state index in [0.29, 0.717) is 6.04 Å². The summed E-state index contributed by atoms with van der Waals surface area (Å²) in [6.45, 7) is 6.55. The Labute approximate surface area is 104 Å². The van der Waals surface area contributed by atoms with E-state index in [1.807, 2.05) is 0 Å². The van der Waals surface area contributed by atoms with Crippen molar-refractivity contribution in [2.24, 2.45) is 0 Å². The SMILES string of the molecule is COc1cc(C)c(CC(C)NC2CC2)cc1C. The lowest BCUT2D eigenvalue weighted by atomic mass is 9.99. The van der Waals surface area contributed by atoms with Crippen LogP contribution in [0.4, 0.5) is 0 Å². The fourth-order valence-electron chi connectivity index (χ4n) is 2.33. The molecule has 1 unspecified atom stereocenters. The van der Waals surface area contributed by atoms with Crippen LogP contribution in [0.3, 0.4) is 0 Å². The molecule has 1 aliphatic rings. The third-order valence-corrected chi connectivity index (χ3v) is 3.48. The van der Waals surface area contributed by atoms with Crippen molar-refractivity contribution in [2.75, 3.05) is 7.11 Å². The van der Waals surface area contributed by atoms with Crippen LogP contribution in [0, 0.1) is 13.8 Å². The summed E-state index contributed by atoms with van der Waals surface area (Å²) < 4.78 is 5.34. The number of hydrogen-bond donors (Lipinski definition) is 1. The van der Waals surface area contributed by atoms with Crippen molar-refractivity contribution in [3.8, 4) is 5.75 Å². The monoisotopic (exact) mass is 233 g/mol. The largest absolute Gasteiger partial charge is 0.496 e. The summed E-state index contributed by atoms with van der Waals surface area (Å²) in [6.07, 6.45) is 3.81. The van der Waals surface area contributed by atoms with E-state index in [2.05, 4.69) is 38.2 Å². The molecular formula is C15H23NO. The first-order valence-electron chi connectivity index (χ1n) is 6.50. The maximum Gasteiger partial charge on any atom is 0.122 e. The summed E-state index contributed by atoms with van der Waals surface area (Å²) in [5, 5.41) is 3.65. The van der Waals surface area contributed by atoms with E-state index in [4.69, 9.17) is 4.74 Å². The molecule has 1 aromatic carbocycles. The third-order valence-electron chi connectivity index (χ3n) is 3.48. The predicted molar refractivity (Wildman–Crippen MR) is 71.8 cm³/mol. The molecule has 0 radical (unpaired) electrons. The second-order valence-corrected chi connectivity index (χ2v) is 5.29. The summed E-state index contributed by atoms with van der Waals surface area (Å²) in [7, 11) is 1.73. The second-order valence-electron chi connectivity index (χ2n) is 5.29. The Kier molecular flexibility index (Phi) is 3.72. The quantitative estimate of drug-likeness (QED) is 0.844. The Bertz CT molecular complexity index is 396. The number of methoxy groups -OCH3 is 1. The Hall–Kier alpha value is -1.02. The van der Waals surface area contributed by atoms with E-state index in [0.717, 1.165) is 18.2 Å². The van der Waals surface area contributed by atoms with Crippen molar-refractivity contribution in [3.05, 3.63) is 28.8 Å². The van der Waals surface area contributed by atoms with Crippen molar-refractivity contribution < 1.29 is 4.74 Å². The van der Waals surface area contributed by atoms with Gasteiger partial charge in [0.1, 0.15) is 5.75 Å². The Morgan fingerprint density at radius 3 is 2.59 bits per heavy atom. The first kappa shape index (κ1) is 12.4. The zero-order chi connectivity index (χ0) is 12.4. The normalized spacial score (nSPS) is 16.9. The van der Waals surface area contributed by atoms with Crippen molar-refractivity contribution in [3.63, 3.8) is 0 Å². The molecule has 1 aromatic rings. The number of hydrogen-bond acceptors (Lipinski definition) is 2. The molecule has 0 amide bonds. The van der Waals surface area contributed by atoms with Gasteiger partial charge in [-0.25, -0.2) is 0 Å². The van der Waals surface area contributed by atoms with Crippen molar-refractivity contribution in [1.82, 2.24) is 5.32 Å².